The average Bonchev–Trinajstić information content (AvgIpc) is 2.09. The summed E-state index contributed by atoms with van der Waals surface area (Å²) >= 11 is 0. The highest BCUT2D eigenvalue weighted by atomic mass is 16.3. The van der Waals surface area contributed by atoms with Gasteiger partial charge < -0.3 is 10.5 Å². The van der Waals surface area contributed by atoms with E-state index in [0.717, 1.165) is 11.8 Å². The molecule has 2 nitrogen and oxygen atoms in total. The number of phenols is 1. The Hall–Kier alpha value is -1.57. The van der Waals surface area contributed by atoms with Crippen molar-refractivity contribution >= 4 is 6.21 Å². The van der Waals surface area contributed by atoms with E-state index in [2.05, 4.69) is 6.58 Å². The molecule has 0 heterocycles. The molecule has 0 aliphatic carbocycles. The molecule has 2 N–H and O–H groups in total. The molecule has 0 unspecified atom stereocenters. The first-order valence-corrected chi connectivity index (χ1v) is 3.72. The zero-order valence-corrected chi connectivity index (χ0v) is 6.75. The predicted molar refractivity (Wildman–Crippen MR) is 49.9 cm³/mol. The highest BCUT2D eigenvalue weighted by Crippen LogP contribution is 2.21. The Bertz CT molecular complexity index is 305. The molecule has 0 aromatic heterocycles. The molecule has 0 atom stereocenters. The first kappa shape index (κ1) is 8.53. The number of hydrogen-bond acceptors (Lipinski definition) is 2. The van der Waals surface area contributed by atoms with Gasteiger partial charge in [0.05, 0.1) is 0 Å². The third kappa shape index (κ3) is 1.53. The molecule has 0 radical (unpaired) electrons. The second-order valence-corrected chi connectivity index (χ2v) is 2.49. The lowest BCUT2D eigenvalue weighted by Crippen LogP contribution is -1.87. The molecule has 0 aliphatic heterocycles. The van der Waals surface area contributed by atoms with E-state index in [1.165, 1.54) is 0 Å². The largest absolute Gasteiger partial charge is 0.507 e. The quantitative estimate of drug-likeness (QED) is 0.517. The Balaban J connectivity index is 3.12. The average molecular weight is 161 g/mol. The summed E-state index contributed by atoms with van der Waals surface area (Å²) < 4.78 is 0. The highest BCUT2D eigenvalue weighted by molar-refractivity contribution is 5.81. The first-order chi connectivity index (χ1) is 5.79. The fourth-order valence-corrected chi connectivity index (χ4v) is 1.05. The summed E-state index contributed by atoms with van der Waals surface area (Å²) in [4.78, 5) is 0. The smallest absolute Gasteiger partial charge is 0.127 e. The minimum atomic E-state index is 0.187. The van der Waals surface area contributed by atoms with Crippen molar-refractivity contribution in [3.63, 3.8) is 0 Å². The molecular formula is C10H11NO. The van der Waals surface area contributed by atoms with Crippen LogP contribution in [0.15, 0.2) is 30.9 Å². The SMILES string of the molecule is C=CCc1cccc(C=N)c1O. The summed E-state index contributed by atoms with van der Waals surface area (Å²) in [6, 6.07) is 5.35. The molecule has 0 saturated heterocycles. The molecule has 0 spiro atoms. The van der Waals surface area contributed by atoms with E-state index in [1.54, 1.807) is 12.1 Å². The molecule has 1 rings (SSSR count). The molecule has 0 saturated carbocycles. The van der Waals surface area contributed by atoms with Gasteiger partial charge in [0.25, 0.3) is 0 Å². The van der Waals surface area contributed by atoms with Crippen molar-refractivity contribution in [2.24, 2.45) is 0 Å². The minimum absolute atomic E-state index is 0.187. The van der Waals surface area contributed by atoms with Crippen LogP contribution in [0.4, 0.5) is 0 Å². The van der Waals surface area contributed by atoms with Crippen LogP contribution in [0, 0.1) is 5.41 Å². The number of rotatable bonds is 3. The molecular weight excluding hydrogens is 150 g/mol. The number of benzene rings is 1. The predicted octanol–water partition coefficient (Wildman–Crippen LogP) is 2.12. The summed E-state index contributed by atoms with van der Waals surface area (Å²) in [5, 5.41) is 16.5. The molecule has 0 amide bonds. The van der Waals surface area contributed by atoms with Crippen LogP contribution < -0.4 is 0 Å². The van der Waals surface area contributed by atoms with Crippen molar-refractivity contribution in [3.8, 4) is 5.75 Å². The van der Waals surface area contributed by atoms with Crippen molar-refractivity contribution in [1.82, 2.24) is 0 Å². The van der Waals surface area contributed by atoms with E-state index in [-0.39, 0.29) is 5.75 Å². The van der Waals surface area contributed by atoms with Crippen molar-refractivity contribution in [1.29, 1.82) is 5.41 Å². The van der Waals surface area contributed by atoms with Gasteiger partial charge in [-0.05, 0) is 18.1 Å². The van der Waals surface area contributed by atoms with E-state index >= 15 is 0 Å². The zero-order chi connectivity index (χ0) is 8.97. The van der Waals surface area contributed by atoms with Gasteiger partial charge in [-0.3, -0.25) is 0 Å². The summed E-state index contributed by atoms with van der Waals surface area (Å²) in [7, 11) is 0. The third-order valence-electron chi connectivity index (χ3n) is 1.67. The lowest BCUT2D eigenvalue weighted by Gasteiger charge is -2.03. The molecule has 12 heavy (non-hydrogen) atoms. The second kappa shape index (κ2) is 3.72. The first-order valence-electron chi connectivity index (χ1n) is 3.72. The number of para-hydroxylation sites is 1. The summed E-state index contributed by atoms with van der Waals surface area (Å²) in [6.45, 7) is 3.58. The maximum atomic E-state index is 9.52. The van der Waals surface area contributed by atoms with Gasteiger partial charge in [0.2, 0.25) is 0 Å². The number of allylic oxidation sites excluding steroid dienone is 1. The summed E-state index contributed by atoms with van der Waals surface area (Å²) in [5.74, 6) is 0.187. The number of phenolic OH excluding ortho intramolecular Hbond substituents is 1. The minimum Gasteiger partial charge on any atom is -0.507 e. The monoisotopic (exact) mass is 161 g/mol. The van der Waals surface area contributed by atoms with Gasteiger partial charge in [-0.1, -0.05) is 18.2 Å². The molecule has 1 aromatic carbocycles. The van der Waals surface area contributed by atoms with E-state index in [0.29, 0.717) is 12.0 Å². The van der Waals surface area contributed by atoms with E-state index < -0.39 is 0 Å². The van der Waals surface area contributed by atoms with Crippen molar-refractivity contribution < 1.29 is 5.11 Å². The van der Waals surface area contributed by atoms with Crippen LogP contribution in [-0.4, -0.2) is 11.3 Å². The van der Waals surface area contributed by atoms with Crippen LogP contribution in [-0.2, 0) is 6.42 Å². The molecule has 0 fully saturated rings. The van der Waals surface area contributed by atoms with Gasteiger partial charge in [0.15, 0.2) is 0 Å². The lowest BCUT2D eigenvalue weighted by atomic mass is 10.1. The Morgan fingerprint density at radius 3 is 2.83 bits per heavy atom. The molecule has 0 bridgehead atoms. The van der Waals surface area contributed by atoms with Gasteiger partial charge in [0.1, 0.15) is 5.75 Å². The fourth-order valence-electron chi connectivity index (χ4n) is 1.05. The lowest BCUT2D eigenvalue weighted by molar-refractivity contribution is 0.469. The third-order valence-corrected chi connectivity index (χ3v) is 1.67. The normalized spacial score (nSPS) is 9.33. The van der Waals surface area contributed by atoms with Crippen LogP contribution in [0.1, 0.15) is 11.1 Å². The topological polar surface area (TPSA) is 44.1 Å². The Morgan fingerprint density at radius 1 is 1.50 bits per heavy atom. The standard InChI is InChI=1S/C10H11NO/c1-2-4-8-5-3-6-9(7-11)10(8)12/h2-3,5-7,11-12H,1,4H2. The Labute approximate surface area is 71.7 Å². The number of nitrogens with one attached hydrogen (secondary N) is 1. The van der Waals surface area contributed by atoms with Crippen molar-refractivity contribution in [2.75, 3.05) is 0 Å². The van der Waals surface area contributed by atoms with Gasteiger partial charge >= 0.3 is 0 Å². The summed E-state index contributed by atoms with van der Waals surface area (Å²) in [6.07, 6.45) is 3.50. The molecule has 62 valence electrons. The van der Waals surface area contributed by atoms with E-state index in [9.17, 15) is 5.11 Å². The zero-order valence-electron chi connectivity index (χ0n) is 6.75. The Morgan fingerprint density at radius 2 is 2.25 bits per heavy atom. The van der Waals surface area contributed by atoms with Gasteiger partial charge in [-0.25, -0.2) is 0 Å². The highest BCUT2D eigenvalue weighted by Gasteiger charge is 2.01. The number of aromatic hydroxyl groups is 1. The Kier molecular flexibility index (Phi) is 2.64. The molecule has 0 aliphatic rings. The van der Waals surface area contributed by atoms with Crippen LogP contribution in [0.5, 0.6) is 5.75 Å². The van der Waals surface area contributed by atoms with Crippen LogP contribution in [0.3, 0.4) is 0 Å². The van der Waals surface area contributed by atoms with Crippen LogP contribution in [0.2, 0.25) is 0 Å². The van der Waals surface area contributed by atoms with Gasteiger partial charge in [-0.15, -0.1) is 6.58 Å². The van der Waals surface area contributed by atoms with E-state index in [1.807, 2.05) is 12.1 Å². The maximum absolute atomic E-state index is 9.52. The molecule has 2 heteroatoms. The van der Waals surface area contributed by atoms with Gasteiger partial charge in [0, 0.05) is 11.8 Å². The van der Waals surface area contributed by atoms with Crippen molar-refractivity contribution in [3.05, 3.63) is 42.0 Å². The molecule has 1 aromatic rings. The maximum Gasteiger partial charge on any atom is 0.127 e. The fraction of sp³-hybridized carbons (Fsp3) is 0.100. The summed E-state index contributed by atoms with van der Waals surface area (Å²) in [5.41, 5.74) is 1.36. The van der Waals surface area contributed by atoms with Gasteiger partial charge in [-0.2, -0.15) is 0 Å². The van der Waals surface area contributed by atoms with E-state index in [4.69, 9.17) is 5.41 Å². The van der Waals surface area contributed by atoms with Crippen molar-refractivity contribution in [2.45, 2.75) is 6.42 Å². The number of hydrogen-bond donors (Lipinski definition) is 2. The van der Waals surface area contributed by atoms with Crippen LogP contribution >= 0.6 is 0 Å². The second-order valence-electron chi connectivity index (χ2n) is 2.49. The van der Waals surface area contributed by atoms with Crippen LogP contribution in [0.25, 0.3) is 0 Å².